The minimum absolute atomic E-state index is 0.00886. The Bertz CT molecular complexity index is 756. The fourth-order valence-electron chi connectivity index (χ4n) is 3.40. The third kappa shape index (κ3) is 4.83. The van der Waals surface area contributed by atoms with Gasteiger partial charge in [0, 0.05) is 31.0 Å². The molecular formula is C19H24ClFN4O. The molecule has 0 radical (unpaired) electrons. The largest absolute Gasteiger partial charge is 0.335 e. The second kappa shape index (κ2) is 8.64. The van der Waals surface area contributed by atoms with Gasteiger partial charge in [-0.1, -0.05) is 18.5 Å². The molecule has 0 bridgehead atoms. The minimum atomic E-state index is -0.490. The molecule has 1 saturated heterocycles. The van der Waals surface area contributed by atoms with Crippen molar-refractivity contribution in [3.63, 3.8) is 0 Å². The summed E-state index contributed by atoms with van der Waals surface area (Å²) in [6.45, 7) is 5.26. The highest BCUT2D eigenvalue weighted by molar-refractivity contribution is 6.31. The second-order valence-electron chi connectivity index (χ2n) is 6.75. The molecule has 0 spiro atoms. The Kier molecular flexibility index (Phi) is 6.27. The topological polar surface area (TPSA) is 50.2 Å². The van der Waals surface area contributed by atoms with Gasteiger partial charge in [-0.15, -0.1) is 0 Å². The van der Waals surface area contributed by atoms with Gasteiger partial charge < -0.3 is 9.88 Å². The van der Waals surface area contributed by atoms with E-state index in [4.69, 9.17) is 11.6 Å². The van der Waals surface area contributed by atoms with E-state index >= 15 is 0 Å². The number of carbonyl (C=O) groups is 1. The number of hydrogen-bond donors (Lipinski definition) is 1. The van der Waals surface area contributed by atoms with E-state index in [9.17, 15) is 9.18 Å². The number of anilines is 1. The molecule has 0 atom stereocenters. The lowest BCUT2D eigenvalue weighted by atomic mass is 9.96. The summed E-state index contributed by atoms with van der Waals surface area (Å²) in [6.07, 6.45) is 6.99. The zero-order chi connectivity index (χ0) is 18.5. The first-order valence-corrected chi connectivity index (χ1v) is 9.40. The SMILES string of the molecule is CCc1nccn1CC1CCN(CC(=O)Nc2ccc(F)c(Cl)c2)CC1. The molecule has 1 aliphatic heterocycles. The standard InChI is InChI=1S/C19H24ClFN4O/c1-2-18-22-7-10-25(18)12-14-5-8-24(9-6-14)13-19(26)23-15-3-4-17(21)16(20)11-15/h3-4,7,10-11,14H,2,5-6,8-9,12-13H2,1H3,(H,23,26). The van der Waals surface area contributed by atoms with Crippen LogP contribution in [0.15, 0.2) is 30.6 Å². The summed E-state index contributed by atoms with van der Waals surface area (Å²) in [6, 6.07) is 4.20. The Morgan fingerprint density at radius 2 is 2.15 bits per heavy atom. The summed E-state index contributed by atoms with van der Waals surface area (Å²) in [5, 5.41) is 2.78. The Labute approximate surface area is 158 Å². The first-order chi connectivity index (χ1) is 12.5. The van der Waals surface area contributed by atoms with Gasteiger partial charge in [-0.25, -0.2) is 9.37 Å². The molecule has 0 saturated carbocycles. The molecule has 0 aliphatic carbocycles. The van der Waals surface area contributed by atoms with Crippen LogP contribution in [0.4, 0.5) is 10.1 Å². The summed E-state index contributed by atoms with van der Waals surface area (Å²) in [5.41, 5.74) is 0.517. The van der Waals surface area contributed by atoms with Crippen molar-refractivity contribution >= 4 is 23.2 Å². The molecule has 1 fully saturated rings. The van der Waals surface area contributed by atoms with Crippen molar-refractivity contribution in [1.82, 2.24) is 14.5 Å². The van der Waals surface area contributed by atoms with Crippen LogP contribution in [-0.4, -0.2) is 40.0 Å². The number of halogens is 2. The number of carbonyl (C=O) groups excluding carboxylic acids is 1. The highest BCUT2D eigenvalue weighted by Crippen LogP contribution is 2.21. The number of benzene rings is 1. The molecule has 5 nitrogen and oxygen atoms in total. The Morgan fingerprint density at radius 1 is 1.38 bits per heavy atom. The van der Waals surface area contributed by atoms with Crippen molar-refractivity contribution in [2.75, 3.05) is 25.0 Å². The van der Waals surface area contributed by atoms with Gasteiger partial charge in [0.2, 0.25) is 5.91 Å². The fourth-order valence-corrected chi connectivity index (χ4v) is 3.58. The normalized spacial score (nSPS) is 16.0. The molecule has 26 heavy (non-hydrogen) atoms. The van der Waals surface area contributed by atoms with Gasteiger partial charge in [0.25, 0.3) is 0 Å². The van der Waals surface area contributed by atoms with Crippen molar-refractivity contribution < 1.29 is 9.18 Å². The minimum Gasteiger partial charge on any atom is -0.335 e. The number of nitrogens with one attached hydrogen (secondary N) is 1. The van der Waals surface area contributed by atoms with Crippen molar-refractivity contribution in [2.45, 2.75) is 32.7 Å². The molecule has 3 rings (SSSR count). The Morgan fingerprint density at radius 3 is 2.85 bits per heavy atom. The van der Waals surface area contributed by atoms with Crippen molar-refractivity contribution in [3.8, 4) is 0 Å². The smallest absolute Gasteiger partial charge is 0.238 e. The predicted octanol–water partition coefficient (Wildman–Crippen LogP) is 3.59. The van der Waals surface area contributed by atoms with Crippen LogP contribution >= 0.6 is 11.6 Å². The molecule has 2 aromatic rings. The van der Waals surface area contributed by atoms with Crippen LogP contribution in [0.1, 0.15) is 25.6 Å². The molecule has 1 N–H and O–H groups in total. The highest BCUT2D eigenvalue weighted by Gasteiger charge is 2.21. The van der Waals surface area contributed by atoms with E-state index in [2.05, 4.69) is 26.7 Å². The van der Waals surface area contributed by atoms with Gasteiger partial charge in [-0.2, -0.15) is 0 Å². The van der Waals surface area contributed by atoms with E-state index in [1.165, 1.54) is 18.2 Å². The summed E-state index contributed by atoms with van der Waals surface area (Å²) in [7, 11) is 0. The van der Waals surface area contributed by atoms with Crippen LogP contribution in [0, 0.1) is 11.7 Å². The first kappa shape index (κ1) is 18.9. The number of aryl methyl sites for hydroxylation is 1. The summed E-state index contributed by atoms with van der Waals surface area (Å²) < 4.78 is 15.4. The molecule has 1 aliphatic rings. The van der Waals surface area contributed by atoms with Gasteiger partial charge >= 0.3 is 0 Å². The maximum atomic E-state index is 13.2. The van der Waals surface area contributed by atoms with Crippen molar-refractivity contribution in [3.05, 3.63) is 47.3 Å². The lowest BCUT2D eigenvalue weighted by Gasteiger charge is -2.31. The fraction of sp³-hybridized carbons (Fsp3) is 0.474. The van der Waals surface area contributed by atoms with Gasteiger partial charge in [-0.3, -0.25) is 9.69 Å². The third-order valence-electron chi connectivity index (χ3n) is 4.85. The quantitative estimate of drug-likeness (QED) is 0.835. The van der Waals surface area contributed by atoms with E-state index in [0.29, 0.717) is 18.2 Å². The molecule has 140 valence electrons. The van der Waals surface area contributed by atoms with E-state index in [-0.39, 0.29) is 10.9 Å². The van der Waals surface area contributed by atoms with Crippen LogP contribution in [0.3, 0.4) is 0 Å². The number of likely N-dealkylation sites (tertiary alicyclic amines) is 1. The number of aromatic nitrogens is 2. The van der Waals surface area contributed by atoms with Crippen LogP contribution in [0.25, 0.3) is 0 Å². The van der Waals surface area contributed by atoms with Gasteiger partial charge in [0.15, 0.2) is 0 Å². The summed E-state index contributed by atoms with van der Waals surface area (Å²) in [5.74, 6) is 1.15. The number of nitrogens with zero attached hydrogens (tertiary/aromatic N) is 3. The molecule has 1 amide bonds. The molecule has 0 unspecified atom stereocenters. The van der Waals surface area contributed by atoms with Crippen molar-refractivity contribution in [2.24, 2.45) is 5.92 Å². The number of piperidine rings is 1. The summed E-state index contributed by atoms with van der Waals surface area (Å²) in [4.78, 5) is 18.7. The van der Waals surface area contributed by atoms with Crippen LogP contribution in [0.2, 0.25) is 5.02 Å². The van der Waals surface area contributed by atoms with Gasteiger partial charge in [0.1, 0.15) is 11.6 Å². The Balaban J connectivity index is 1.44. The monoisotopic (exact) mass is 378 g/mol. The number of hydrogen-bond acceptors (Lipinski definition) is 3. The lowest BCUT2D eigenvalue weighted by molar-refractivity contribution is -0.117. The van der Waals surface area contributed by atoms with Crippen LogP contribution in [0.5, 0.6) is 0 Å². The maximum absolute atomic E-state index is 13.2. The summed E-state index contributed by atoms with van der Waals surface area (Å²) >= 11 is 5.74. The molecule has 7 heteroatoms. The number of amides is 1. The molecule has 2 heterocycles. The zero-order valence-corrected chi connectivity index (χ0v) is 15.7. The van der Waals surface area contributed by atoms with Gasteiger partial charge in [-0.05, 0) is 50.0 Å². The molecule has 1 aromatic heterocycles. The lowest BCUT2D eigenvalue weighted by Crippen LogP contribution is -2.40. The van der Waals surface area contributed by atoms with E-state index < -0.39 is 5.82 Å². The Hall–Kier alpha value is -1.92. The predicted molar refractivity (Wildman–Crippen MR) is 101 cm³/mol. The van der Waals surface area contributed by atoms with Crippen molar-refractivity contribution in [1.29, 1.82) is 0 Å². The second-order valence-corrected chi connectivity index (χ2v) is 7.15. The number of imidazole rings is 1. The van der Waals surface area contributed by atoms with Crippen LogP contribution in [-0.2, 0) is 17.8 Å². The highest BCUT2D eigenvalue weighted by atomic mass is 35.5. The third-order valence-corrected chi connectivity index (χ3v) is 5.14. The first-order valence-electron chi connectivity index (χ1n) is 9.02. The number of rotatable bonds is 6. The average Bonchev–Trinajstić information content (AvgIpc) is 3.07. The van der Waals surface area contributed by atoms with E-state index in [1.807, 2.05) is 12.4 Å². The van der Waals surface area contributed by atoms with Gasteiger partial charge in [0.05, 0.1) is 11.6 Å². The van der Waals surface area contributed by atoms with Crippen LogP contribution < -0.4 is 5.32 Å². The molecule has 1 aromatic carbocycles. The maximum Gasteiger partial charge on any atom is 0.238 e. The average molecular weight is 379 g/mol. The van der Waals surface area contributed by atoms with E-state index in [1.54, 1.807) is 0 Å². The van der Waals surface area contributed by atoms with E-state index in [0.717, 1.165) is 44.7 Å². The zero-order valence-electron chi connectivity index (χ0n) is 14.9. The molecular weight excluding hydrogens is 355 g/mol.